The average Bonchev–Trinajstić information content (AvgIpc) is 3.33. The topological polar surface area (TPSA) is 84.9 Å². The molecule has 1 aliphatic heterocycles. The molecule has 2 aromatic rings. The molecule has 7 nitrogen and oxygen atoms in total. The first-order valence-corrected chi connectivity index (χ1v) is 13.2. The fourth-order valence-electron chi connectivity index (χ4n) is 4.32. The van der Waals surface area contributed by atoms with Crippen LogP contribution in [0.2, 0.25) is 5.02 Å². The number of nitrogens with one attached hydrogen (secondary N) is 1. The van der Waals surface area contributed by atoms with E-state index in [1.165, 1.54) is 22.5 Å². The van der Waals surface area contributed by atoms with Gasteiger partial charge in [0.15, 0.2) is 11.5 Å². The molecule has 4 rings (SSSR count). The Balaban J connectivity index is 1.55. The lowest BCUT2D eigenvalue weighted by atomic mass is 10.2. The maximum absolute atomic E-state index is 13.0. The van der Waals surface area contributed by atoms with E-state index in [-0.39, 0.29) is 21.6 Å². The summed E-state index contributed by atoms with van der Waals surface area (Å²) in [5, 5.41) is 2.99. The number of carbonyl (C=O) groups is 1. The Morgan fingerprint density at radius 2 is 1.73 bits per heavy atom. The van der Waals surface area contributed by atoms with Crippen LogP contribution < -0.4 is 14.8 Å². The molecule has 0 unspecified atom stereocenters. The van der Waals surface area contributed by atoms with Crippen LogP contribution in [0.5, 0.6) is 11.5 Å². The van der Waals surface area contributed by atoms with Gasteiger partial charge < -0.3 is 14.8 Å². The minimum Gasteiger partial charge on any atom is -0.493 e. The summed E-state index contributed by atoms with van der Waals surface area (Å²) in [6.45, 7) is 0.976. The highest BCUT2D eigenvalue weighted by molar-refractivity contribution is 7.89. The SMILES string of the molecule is COc1ccc(NC(=O)c2cc(S(=O)(=O)N3CCCCC3)ccc2Cl)cc1OC1CCCC1. The van der Waals surface area contributed by atoms with Crippen molar-refractivity contribution in [3.8, 4) is 11.5 Å². The summed E-state index contributed by atoms with van der Waals surface area (Å²) in [6.07, 6.45) is 7.09. The van der Waals surface area contributed by atoms with Crippen molar-refractivity contribution in [2.75, 3.05) is 25.5 Å². The van der Waals surface area contributed by atoms with Crippen molar-refractivity contribution in [2.45, 2.75) is 55.9 Å². The number of halogens is 1. The highest BCUT2D eigenvalue weighted by atomic mass is 35.5. The number of piperidine rings is 1. The number of sulfonamides is 1. The number of carbonyl (C=O) groups excluding carboxylic acids is 1. The molecule has 1 saturated heterocycles. The summed E-state index contributed by atoms with van der Waals surface area (Å²) in [5.74, 6) is 0.662. The maximum atomic E-state index is 13.0. The molecule has 0 bridgehead atoms. The highest BCUT2D eigenvalue weighted by Gasteiger charge is 2.27. The minimum absolute atomic E-state index is 0.0685. The lowest BCUT2D eigenvalue weighted by Crippen LogP contribution is -2.35. The van der Waals surface area contributed by atoms with Gasteiger partial charge in [0.25, 0.3) is 5.91 Å². The van der Waals surface area contributed by atoms with Crippen molar-refractivity contribution in [2.24, 2.45) is 0 Å². The first-order chi connectivity index (χ1) is 15.9. The predicted octanol–water partition coefficient (Wildman–Crippen LogP) is 5.10. The molecule has 2 aliphatic rings. The molecule has 1 saturated carbocycles. The van der Waals surface area contributed by atoms with E-state index >= 15 is 0 Å². The van der Waals surface area contributed by atoms with Crippen LogP contribution in [0.4, 0.5) is 5.69 Å². The zero-order valence-electron chi connectivity index (χ0n) is 18.7. The van der Waals surface area contributed by atoms with Gasteiger partial charge in [0.05, 0.1) is 28.7 Å². The van der Waals surface area contributed by atoms with Crippen molar-refractivity contribution in [3.63, 3.8) is 0 Å². The molecule has 1 heterocycles. The van der Waals surface area contributed by atoms with E-state index < -0.39 is 15.9 Å². The van der Waals surface area contributed by atoms with Crippen LogP contribution in [0.25, 0.3) is 0 Å². The number of ether oxygens (including phenoxy) is 2. The van der Waals surface area contributed by atoms with E-state index in [2.05, 4.69) is 5.32 Å². The highest BCUT2D eigenvalue weighted by Crippen LogP contribution is 2.34. The van der Waals surface area contributed by atoms with Crippen LogP contribution in [-0.4, -0.2) is 44.9 Å². The van der Waals surface area contributed by atoms with Gasteiger partial charge in [-0.05, 0) is 68.9 Å². The van der Waals surface area contributed by atoms with E-state index in [4.69, 9.17) is 21.1 Å². The Morgan fingerprint density at radius 1 is 1.00 bits per heavy atom. The molecule has 1 aliphatic carbocycles. The smallest absolute Gasteiger partial charge is 0.257 e. The number of amides is 1. The monoisotopic (exact) mass is 492 g/mol. The second kappa shape index (κ2) is 10.3. The summed E-state index contributed by atoms with van der Waals surface area (Å²) < 4.78 is 39.0. The van der Waals surface area contributed by atoms with Crippen LogP contribution in [0.15, 0.2) is 41.3 Å². The fraction of sp³-hybridized carbons (Fsp3) is 0.458. The van der Waals surface area contributed by atoms with Gasteiger partial charge in [-0.25, -0.2) is 8.42 Å². The van der Waals surface area contributed by atoms with E-state index in [0.717, 1.165) is 44.9 Å². The number of methoxy groups -OCH3 is 1. The maximum Gasteiger partial charge on any atom is 0.257 e. The summed E-state index contributed by atoms with van der Waals surface area (Å²) in [4.78, 5) is 13.1. The summed E-state index contributed by atoms with van der Waals surface area (Å²) >= 11 is 6.27. The van der Waals surface area contributed by atoms with Gasteiger partial charge in [-0.1, -0.05) is 18.0 Å². The molecule has 0 atom stereocenters. The average molecular weight is 493 g/mol. The molecule has 1 amide bonds. The van der Waals surface area contributed by atoms with Crippen molar-refractivity contribution in [1.29, 1.82) is 0 Å². The lowest BCUT2D eigenvalue weighted by Gasteiger charge is -2.26. The second-order valence-corrected chi connectivity index (χ2v) is 10.8. The Hall–Kier alpha value is -2.29. The lowest BCUT2D eigenvalue weighted by molar-refractivity contribution is 0.102. The number of anilines is 1. The summed E-state index contributed by atoms with van der Waals surface area (Å²) in [6, 6.07) is 9.41. The zero-order chi connectivity index (χ0) is 23.4. The molecule has 0 spiro atoms. The van der Waals surface area contributed by atoms with E-state index in [9.17, 15) is 13.2 Å². The van der Waals surface area contributed by atoms with Crippen molar-refractivity contribution in [3.05, 3.63) is 47.0 Å². The number of hydrogen-bond acceptors (Lipinski definition) is 5. The normalized spacial score (nSPS) is 17.6. The Kier molecular flexibility index (Phi) is 7.46. The third kappa shape index (κ3) is 5.45. The quantitative estimate of drug-likeness (QED) is 0.581. The van der Waals surface area contributed by atoms with Gasteiger partial charge in [-0.2, -0.15) is 4.31 Å². The molecule has 2 aromatic carbocycles. The molecule has 0 aromatic heterocycles. The molecule has 33 heavy (non-hydrogen) atoms. The predicted molar refractivity (Wildman–Crippen MR) is 128 cm³/mol. The second-order valence-electron chi connectivity index (χ2n) is 8.45. The molecular weight excluding hydrogens is 464 g/mol. The van der Waals surface area contributed by atoms with Crippen molar-refractivity contribution < 1.29 is 22.7 Å². The Bertz CT molecular complexity index is 1110. The van der Waals surface area contributed by atoms with Crippen LogP contribution in [0.1, 0.15) is 55.3 Å². The van der Waals surface area contributed by atoms with Gasteiger partial charge in [-0.3, -0.25) is 4.79 Å². The molecular formula is C24H29ClN2O5S. The van der Waals surface area contributed by atoms with E-state index in [0.29, 0.717) is 30.3 Å². The van der Waals surface area contributed by atoms with E-state index in [1.807, 2.05) is 0 Å². The van der Waals surface area contributed by atoms with E-state index in [1.54, 1.807) is 25.3 Å². The van der Waals surface area contributed by atoms with Crippen LogP contribution in [0.3, 0.4) is 0 Å². The summed E-state index contributed by atoms with van der Waals surface area (Å²) in [5.41, 5.74) is 0.609. The largest absolute Gasteiger partial charge is 0.493 e. The Labute approximate surface area is 200 Å². The van der Waals surface area contributed by atoms with Gasteiger partial charge in [0, 0.05) is 24.8 Å². The Morgan fingerprint density at radius 3 is 2.42 bits per heavy atom. The van der Waals surface area contributed by atoms with Gasteiger partial charge >= 0.3 is 0 Å². The third-order valence-electron chi connectivity index (χ3n) is 6.15. The zero-order valence-corrected chi connectivity index (χ0v) is 20.3. The van der Waals surface area contributed by atoms with Crippen molar-refractivity contribution >= 4 is 33.2 Å². The number of rotatable bonds is 7. The minimum atomic E-state index is -3.68. The van der Waals surface area contributed by atoms with Crippen LogP contribution >= 0.6 is 11.6 Å². The fourth-order valence-corrected chi connectivity index (χ4v) is 6.07. The van der Waals surface area contributed by atoms with Crippen molar-refractivity contribution in [1.82, 2.24) is 4.31 Å². The number of hydrogen-bond donors (Lipinski definition) is 1. The van der Waals surface area contributed by atoms with Gasteiger partial charge in [0.1, 0.15) is 0 Å². The third-order valence-corrected chi connectivity index (χ3v) is 8.38. The number of nitrogens with zero attached hydrogens (tertiary/aromatic N) is 1. The van der Waals surface area contributed by atoms with Gasteiger partial charge in [-0.15, -0.1) is 0 Å². The molecule has 9 heteroatoms. The van der Waals surface area contributed by atoms with Gasteiger partial charge in [0.2, 0.25) is 10.0 Å². The number of benzene rings is 2. The summed E-state index contributed by atoms with van der Waals surface area (Å²) in [7, 11) is -2.11. The first kappa shape index (κ1) is 23.9. The molecule has 178 valence electrons. The first-order valence-electron chi connectivity index (χ1n) is 11.3. The van der Waals surface area contributed by atoms with Crippen LogP contribution in [-0.2, 0) is 10.0 Å². The molecule has 1 N–H and O–H groups in total. The van der Waals surface area contributed by atoms with Crippen LogP contribution in [0, 0.1) is 0 Å². The molecule has 2 fully saturated rings. The molecule has 0 radical (unpaired) electrons. The standard InChI is InChI=1S/C24H29ClN2O5S/c1-31-22-12-9-17(15-23(22)32-18-7-3-4-8-18)26-24(28)20-16-19(10-11-21(20)25)33(29,30)27-13-5-2-6-14-27/h9-12,15-16,18H,2-8,13-14H2,1H3,(H,26,28).